The summed E-state index contributed by atoms with van der Waals surface area (Å²) in [6.07, 6.45) is 9.38. The van der Waals surface area contributed by atoms with Crippen molar-refractivity contribution in [3.63, 3.8) is 0 Å². The lowest BCUT2D eigenvalue weighted by atomic mass is 9.98. The molecule has 1 aliphatic rings. The van der Waals surface area contributed by atoms with Crippen LogP contribution in [0.5, 0.6) is 0 Å². The molecule has 1 nitrogen and oxygen atoms in total. The molecule has 92 valence electrons. The molecule has 0 aromatic heterocycles. The van der Waals surface area contributed by atoms with Crippen LogP contribution in [0.15, 0.2) is 40.9 Å². The molecule has 0 aliphatic heterocycles. The van der Waals surface area contributed by atoms with Gasteiger partial charge in [-0.25, -0.2) is 0 Å². The minimum Gasteiger partial charge on any atom is -0.307 e. The van der Waals surface area contributed by atoms with Crippen LogP contribution in [0.3, 0.4) is 0 Å². The van der Waals surface area contributed by atoms with Crippen LogP contribution in [0.25, 0.3) is 0 Å². The SMILES string of the molecule is CCC(NC1CC=CCC1)c1cccc(Br)c1. The van der Waals surface area contributed by atoms with E-state index in [0.717, 1.165) is 6.42 Å². The lowest BCUT2D eigenvalue weighted by Gasteiger charge is -2.26. The largest absolute Gasteiger partial charge is 0.307 e. The lowest BCUT2D eigenvalue weighted by Crippen LogP contribution is -2.33. The van der Waals surface area contributed by atoms with E-state index in [-0.39, 0.29) is 0 Å². The second kappa shape index (κ2) is 6.36. The van der Waals surface area contributed by atoms with Gasteiger partial charge in [0.2, 0.25) is 0 Å². The normalized spacial score (nSPS) is 21.4. The Kier molecular flexibility index (Phi) is 4.81. The molecule has 1 aromatic carbocycles. The molecule has 0 heterocycles. The zero-order valence-electron chi connectivity index (χ0n) is 10.3. The Bertz CT molecular complexity index is 386. The van der Waals surface area contributed by atoms with Crippen molar-refractivity contribution >= 4 is 15.9 Å². The average Bonchev–Trinajstić information content (AvgIpc) is 2.37. The molecule has 0 saturated carbocycles. The third kappa shape index (κ3) is 3.68. The van der Waals surface area contributed by atoms with Crippen molar-refractivity contribution in [1.29, 1.82) is 0 Å². The van der Waals surface area contributed by atoms with Gasteiger partial charge in [0.05, 0.1) is 0 Å². The van der Waals surface area contributed by atoms with Crippen molar-refractivity contribution < 1.29 is 0 Å². The quantitative estimate of drug-likeness (QED) is 0.800. The molecule has 1 aliphatic carbocycles. The summed E-state index contributed by atoms with van der Waals surface area (Å²) in [6.45, 7) is 2.25. The molecule has 0 radical (unpaired) electrons. The van der Waals surface area contributed by atoms with Gasteiger partial charge in [0.1, 0.15) is 0 Å². The molecule has 2 atom stereocenters. The van der Waals surface area contributed by atoms with Gasteiger partial charge in [0.25, 0.3) is 0 Å². The summed E-state index contributed by atoms with van der Waals surface area (Å²) in [7, 11) is 0. The first-order valence-electron chi connectivity index (χ1n) is 6.46. The summed E-state index contributed by atoms with van der Waals surface area (Å²) in [5.74, 6) is 0. The van der Waals surface area contributed by atoms with Gasteiger partial charge in [-0.15, -0.1) is 0 Å². The van der Waals surface area contributed by atoms with Crippen molar-refractivity contribution in [2.24, 2.45) is 0 Å². The molecule has 0 fully saturated rings. The first-order valence-corrected chi connectivity index (χ1v) is 7.25. The first-order chi connectivity index (χ1) is 8.29. The highest BCUT2D eigenvalue weighted by molar-refractivity contribution is 9.10. The van der Waals surface area contributed by atoms with Crippen molar-refractivity contribution in [3.8, 4) is 0 Å². The fraction of sp³-hybridized carbons (Fsp3) is 0.467. The minimum absolute atomic E-state index is 0.476. The van der Waals surface area contributed by atoms with Crippen LogP contribution in [-0.2, 0) is 0 Å². The van der Waals surface area contributed by atoms with Gasteiger partial charge >= 0.3 is 0 Å². The van der Waals surface area contributed by atoms with Crippen LogP contribution in [0.4, 0.5) is 0 Å². The minimum atomic E-state index is 0.476. The summed E-state index contributed by atoms with van der Waals surface area (Å²) in [5, 5.41) is 3.78. The van der Waals surface area contributed by atoms with E-state index in [4.69, 9.17) is 0 Å². The van der Waals surface area contributed by atoms with Crippen LogP contribution in [0.2, 0.25) is 0 Å². The van der Waals surface area contributed by atoms with E-state index >= 15 is 0 Å². The van der Waals surface area contributed by atoms with Crippen molar-refractivity contribution in [3.05, 3.63) is 46.5 Å². The van der Waals surface area contributed by atoms with Gasteiger partial charge in [-0.05, 0) is 43.4 Å². The zero-order valence-corrected chi connectivity index (χ0v) is 11.9. The van der Waals surface area contributed by atoms with E-state index in [1.807, 2.05) is 0 Å². The smallest absolute Gasteiger partial charge is 0.0320 e. The number of rotatable bonds is 4. The van der Waals surface area contributed by atoms with Gasteiger partial charge in [0.15, 0.2) is 0 Å². The van der Waals surface area contributed by atoms with Crippen LogP contribution in [0.1, 0.15) is 44.2 Å². The van der Waals surface area contributed by atoms with Gasteiger partial charge in [-0.3, -0.25) is 0 Å². The van der Waals surface area contributed by atoms with Crippen molar-refractivity contribution in [2.45, 2.75) is 44.7 Å². The second-order valence-corrected chi connectivity index (χ2v) is 5.58. The van der Waals surface area contributed by atoms with E-state index < -0.39 is 0 Å². The molecule has 1 N–H and O–H groups in total. The maximum Gasteiger partial charge on any atom is 0.0320 e. The molecule has 1 aromatic rings. The van der Waals surface area contributed by atoms with Gasteiger partial charge < -0.3 is 5.32 Å². The fourth-order valence-electron chi connectivity index (χ4n) is 2.40. The number of hydrogen-bond acceptors (Lipinski definition) is 1. The van der Waals surface area contributed by atoms with E-state index in [2.05, 4.69) is 64.6 Å². The Morgan fingerprint density at radius 3 is 2.94 bits per heavy atom. The van der Waals surface area contributed by atoms with E-state index in [1.54, 1.807) is 0 Å². The van der Waals surface area contributed by atoms with Crippen LogP contribution >= 0.6 is 15.9 Å². The predicted molar refractivity (Wildman–Crippen MR) is 77.1 cm³/mol. The maximum absolute atomic E-state index is 3.78. The Morgan fingerprint density at radius 1 is 1.41 bits per heavy atom. The molecule has 0 bridgehead atoms. The maximum atomic E-state index is 3.78. The molecule has 0 amide bonds. The van der Waals surface area contributed by atoms with E-state index in [9.17, 15) is 0 Å². The predicted octanol–water partition coefficient (Wildman–Crippen LogP) is 4.60. The van der Waals surface area contributed by atoms with Gasteiger partial charge in [-0.1, -0.05) is 47.1 Å². The summed E-state index contributed by atoms with van der Waals surface area (Å²) in [5.41, 5.74) is 1.39. The number of benzene rings is 1. The molecule has 17 heavy (non-hydrogen) atoms. The summed E-state index contributed by atoms with van der Waals surface area (Å²) < 4.78 is 1.17. The fourth-order valence-corrected chi connectivity index (χ4v) is 2.82. The monoisotopic (exact) mass is 293 g/mol. The lowest BCUT2D eigenvalue weighted by molar-refractivity contribution is 0.402. The Balaban J connectivity index is 2.03. The van der Waals surface area contributed by atoms with Crippen molar-refractivity contribution in [1.82, 2.24) is 5.32 Å². The highest BCUT2D eigenvalue weighted by Crippen LogP contribution is 2.23. The number of allylic oxidation sites excluding steroid dienone is 1. The zero-order chi connectivity index (χ0) is 12.1. The number of nitrogens with one attached hydrogen (secondary N) is 1. The molecule has 0 spiro atoms. The van der Waals surface area contributed by atoms with Crippen LogP contribution < -0.4 is 5.32 Å². The standard InChI is InChI=1S/C15H20BrN/c1-2-15(12-7-6-8-13(16)11-12)17-14-9-4-3-5-10-14/h3-4,6-8,11,14-15,17H,2,5,9-10H2,1H3. The Morgan fingerprint density at radius 2 is 2.29 bits per heavy atom. The summed E-state index contributed by atoms with van der Waals surface area (Å²) in [4.78, 5) is 0. The van der Waals surface area contributed by atoms with Gasteiger partial charge in [0, 0.05) is 16.6 Å². The number of halogens is 1. The highest BCUT2D eigenvalue weighted by atomic mass is 79.9. The molecule has 2 heteroatoms. The molecular weight excluding hydrogens is 274 g/mol. The Hall–Kier alpha value is -0.600. The summed E-state index contributed by atoms with van der Waals surface area (Å²) in [6, 6.07) is 9.75. The van der Waals surface area contributed by atoms with Crippen molar-refractivity contribution in [2.75, 3.05) is 0 Å². The van der Waals surface area contributed by atoms with E-state index in [1.165, 1.54) is 29.3 Å². The van der Waals surface area contributed by atoms with E-state index in [0.29, 0.717) is 12.1 Å². The molecule has 0 saturated heterocycles. The number of hydrogen-bond donors (Lipinski definition) is 1. The topological polar surface area (TPSA) is 12.0 Å². The van der Waals surface area contributed by atoms with Gasteiger partial charge in [-0.2, -0.15) is 0 Å². The van der Waals surface area contributed by atoms with Crippen LogP contribution in [0, 0.1) is 0 Å². The first kappa shape index (κ1) is 12.8. The third-order valence-electron chi connectivity index (χ3n) is 3.37. The Labute approximate surface area is 112 Å². The summed E-state index contributed by atoms with van der Waals surface area (Å²) >= 11 is 3.55. The average molecular weight is 294 g/mol. The molecule has 2 unspecified atom stereocenters. The highest BCUT2D eigenvalue weighted by Gasteiger charge is 2.15. The molecular formula is C15H20BrN. The molecule has 2 rings (SSSR count). The second-order valence-electron chi connectivity index (χ2n) is 4.66. The van der Waals surface area contributed by atoms with Crippen LogP contribution in [-0.4, -0.2) is 6.04 Å². The third-order valence-corrected chi connectivity index (χ3v) is 3.86.